The van der Waals surface area contributed by atoms with Crippen LogP contribution in [0, 0.1) is 0 Å². The number of hydrogen-bond acceptors (Lipinski definition) is 8. The summed E-state index contributed by atoms with van der Waals surface area (Å²) in [5.74, 6) is -5.80. The van der Waals surface area contributed by atoms with Gasteiger partial charge < -0.3 is 0 Å². The monoisotopic (exact) mass is 599 g/mol. The van der Waals surface area contributed by atoms with Gasteiger partial charge in [0, 0.05) is 11.1 Å². The zero-order chi connectivity index (χ0) is 31.6. The van der Waals surface area contributed by atoms with Gasteiger partial charge in [-0.1, -0.05) is 24.3 Å². The highest BCUT2D eigenvalue weighted by atomic mass is 16.2. The van der Waals surface area contributed by atoms with Gasteiger partial charge in [0.25, 0.3) is 47.3 Å². The van der Waals surface area contributed by atoms with E-state index in [1.165, 1.54) is 66.7 Å². The van der Waals surface area contributed by atoms with E-state index < -0.39 is 47.3 Å². The van der Waals surface area contributed by atoms with Crippen LogP contribution in [0.4, 0.5) is 5.69 Å². The van der Waals surface area contributed by atoms with Crippen molar-refractivity contribution >= 4 is 52.9 Å². The van der Waals surface area contributed by atoms with Gasteiger partial charge in [-0.05, 0) is 66.7 Å². The van der Waals surface area contributed by atoms with Crippen LogP contribution in [0.15, 0.2) is 91.0 Å². The molecule has 0 unspecified atom stereocenters. The number of imide groups is 3. The lowest BCUT2D eigenvalue weighted by Crippen LogP contribution is -2.45. The van der Waals surface area contributed by atoms with Gasteiger partial charge in [0.15, 0.2) is 0 Å². The fourth-order valence-electron chi connectivity index (χ4n) is 5.29. The van der Waals surface area contributed by atoms with Crippen LogP contribution < -0.4 is 15.8 Å². The minimum atomic E-state index is -0.848. The number of hydrazine groups is 2. The van der Waals surface area contributed by atoms with Crippen molar-refractivity contribution < 1.29 is 38.4 Å². The quantitative estimate of drug-likeness (QED) is 0.329. The molecule has 3 aliphatic heterocycles. The van der Waals surface area contributed by atoms with Crippen molar-refractivity contribution in [2.45, 2.75) is 0 Å². The summed E-state index contributed by atoms with van der Waals surface area (Å²) < 4.78 is 0. The molecular formula is C32H17N5O8. The van der Waals surface area contributed by atoms with Crippen LogP contribution in [0.25, 0.3) is 0 Å². The number of carbonyl (C=O) groups excluding carboxylic acids is 8. The van der Waals surface area contributed by atoms with E-state index in [9.17, 15) is 38.4 Å². The van der Waals surface area contributed by atoms with E-state index in [0.717, 1.165) is 4.90 Å². The number of fused-ring (bicyclic) bond motifs is 3. The molecule has 0 aliphatic carbocycles. The van der Waals surface area contributed by atoms with Crippen LogP contribution in [0.2, 0.25) is 0 Å². The SMILES string of the molecule is O=C(NN1C(=O)c2ccccc2C1=O)c1ccc(N2C(=O)c3ccc(C(=O)NN4C(=O)c5ccccc5C4=O)cc3C2=O)cc1. The molecule has 13 nitrogen and oxygen atoms in total. The second-order valence-electron chi connectivity index (χ2n) is 10.1. The number of benzene rings is 4. The number of amides is 8. The highest BCUT2D eigenvalue weighted by Crippen LogP contribution is 2.30. The minimum Gasteiger partial charge on any atom is -0.268 e. The van der Waals surface area contributed by atoms with Crippen LogP contribution in [0.5, 0.6) is 0 Å². The lowest BCUT2D eigenvalue weighted by atomic mass is 10.1. The molecule has 8 amide bonds. The fourth-order valence-corrected chi connectivity index (χ4v) is 5.29. The molecule has 4 aromatic carbocycles. The van der Waals surface area contributed by atoms with E-state index in [-0.39, 0.29) is 50.2 Å². The van der Waals surface area contributed by atoms with Gasteiger partial charge in [0.05, 0.1) is 39.1 Å². The number of hydrogen-bond donors (Lipinski definition) is 2. The first kappa shape index (κ1) is 27.1. The number of nitrogens with zero attached hydrogens (tertiary/aromatic N) is 3. The lowest BCUT2D eigenvalue weighted by Gasteiger charge is -2.16. The standard InChI is InChI=1S/C32H17N5O8/c38-25(33-36-29(42)19-5-1-2-6-20(19)30(36)43)16-9-12-18(13-10-16)35-27(40)23-14-11-17(15-24(23)28(35)41)26(39)34-37-31(44)21-7-3-4-8-22(21)32(37)45/h1-15H,(H,33,38)(H,34,39). The molecule has 0 atom stereocenters. The first-order valence-corrected chi connectivity index (χ1v) is 13.4. The third-order valence-corrected chi connectivity index (χ3v) is 7.55. The molecule has 0 fully saturated rings. The lowest BCUT2D eigenvalue weighted by molar-refractivity contribution is 0.0513. The van der Waals surface area contributed by atoms with Gasteiger partial charge in [-0.3, -0.25) is 49.2 Å². The highest BCUT2D eigenvalue weighted by Gasteiger charge is 2.40. The predicted octanol–water partition coefficient (Wildman–Crippen LogP) is 2.37. The maximum atomic E-state index is 13.3. The van der Waals surface area contributed by atoms with E-state index in [2.05, 4.69) is 10.9 Å². The predicted molar refractivity (Wildman–Crippen MR) is 153 cm³/mol. The molecule has 0 radical (unpaired) electrons. The van der Waals surface area contributed by atoms with Crippen LogP contribution >= 0.6 is 0 Å². The Balaban J connectivity index is 1.06. The van der Waals surface area contributed by atoms with Gasteiger partial charge in [-0.2, -0.15) is 10.0 Å². The fraction of sp³-hybridized carbons (Fsp3) is 0. The van der Waals surface area contributed by atoms with Crippen LogP contribution in [0.3, 0.4) is 0 Å². The Hall–Kier alpha value is -6.76. The zero-order valence-electron chi connectivity index (χ0n) is 22.8. The topological polar surface area (TPSA) is 170 Å². The molecule has 0 aromatic heterocycles. The third kappa shape index (κ3) is 4.10. The molecular weight excluding hydrogens is 582 g/mol. The Kier molecular flexibility index (Phi) is 5.97. The molecule has 2 N–H and O–H groups in total. The molecule has 3 heterocycles. The van der Waals surface area contributed by atoms with Crippen molar-refractivity contribution in [2.24, 2.45) is 0 Å². The van der Waals surface area contributed by atoms with Crippen molar-refractivity contribution in [1.29, 1.82) is 0 Å². The summed E-state index contributed by atoms with van der Waals surface area (Å²) in [7, 11) is 0. The molecule has 218 valence electrons. The molecule has 0 spiro atoms. The summed E-state index contributed by atoms with van der Waals surface area (Å²) in [6.45, 7) is 0. The molecule has 0 saturated carbocycles. The second-order valence-corrected chi connectivity index (χ2v) is 10.1. The summed E-state index contributed by atoms with van der Waals surface area (Å²) in [6, 6.07) is 21.3. The minimum absolute atomic E-state index is 0.0183. The number of nitrogens with one attached hydrogen (secondary N) is 2. The van der Waals surface area contributed by atoms with Gasteiger partial charge in [-0.15, -0.1) is 0 Å². The van der Waals surface area contributed by atoms with E-state index in [4.69, 9.17) is 0 Å². The third-order valence-electron chi connectivity index (χ3n) is 7.55. The maximum absolute atomic E-state index is 13.3. The number of rotatable bonds is 5. The average Bonchev–Trinajstić information content (AvgIpc) is 3.56. The molecule has 4 aromatic rings. The molecule has 7 rings (SSSR count). The maximum Gasteiger partial charge on any atom is 0.280 e. The Bertz CT molecular complexity index is 2020. The smallest absolute Gasteiger partial charge is 0.268 e. The van der Waals surface area contributed by atoms with Crippen LogP contribution in [-0.4, -0.2) is 57.3 Å². The summed E-state index contributed by atoms with van der Waals surface area (Å²) in [6.07, 6.45) is 0. The van der Waals surface area contributed by atoms with Crippen molar-refractivity contribution in [3.8, 4) is 0 Å². The summed E-state index contributed by atoms with van der Waals surface area (Å²) in [5, 5.41) is 1.21. The van der Waals surface area contributed by atoms with Crippen molar-refractivity contribution in [1.82, 2.24) is 20.9 Å². The van der Waals surface area contributed by atoms with Crippen molar-refractivity contribution in [3.05, 3.63) is 136 Å². The van der Waals surface area contributed by atoms with Gasteiger partial charge in [-0.25, -0.2) is 4.90 Å². The van der Waals surface area contributed by atoms with Crippen LogP contribution in [0.1, 0.15) is 82.9 Å². The van der Waals surface area contributed by atoms with E-state index in [0.29, 0.717) is 10.0 Å². The summed E-state index contributed by atoms with van der Waals surface area (Å²) in [4.78, 5) is 103. The summed E-state index contributed by atoms with van der Waals surface area (Å²) >= 11 is 0. The first-order chi connectivity index (χ1) is 21.7. The zero-order valence-corrected chi connectivity index (χ0v) is 22.8. The Morgan fingerprint density at radius 3 is 1.27 bits per heavy atom. The van der Waals surface area contributed by atoms with Gasteiger partial charge in [0.2, 0.25) is 0 Å². The number of anilines is 1. The summed E-state index contributed by atoms with van der Waals surface area (Å²) in [5.41, 5.74) is 5.16. The number of carbonyl (C=O) groups is 8. The van der Waals surface area contributed by atoms with E-state index in [1.54, 1.807) is 24.3 Å². The Labute approximate surface area is 252 Å². The van der Waals surface area contributed by atoms with E-state index >= 15 is 0 Å². The van der Waals surface area contributed by atoms with Crippen molar-refractivity contribution in [2.75, 3.05) is 4.90 Å². The molecule has 13 heteroatoms. The highest BCUT2D eigenvalue weighted by molar-refractivity contribution is 6.35. The largest absolute Gasteiger partial charge is 0.280 e. The van der Waals surface area contributed by atoms with Crippen molar-refractivity contribution in [3.63, 3.8) is 0 Å². The van der Waals surface area contributed by atoms with E-state index in [1.807, 2.05) is 0 Å². The Morgan fingerprint density at radius 2 is 0.800 bits per heavy atom. The molecule has 3 aliphatic rings. The second kappa shape index (κ2) is 9.91. The molecule has 45 heavy (non-hydrogen) atoms. The Morgan fingerprint density at radius 1 is 0.422 bits per heavy atom. The molecule has 0 bridgehead atoms. The first-order valence-electron chi connectivity index (χ1n) is 13.4. The molecule has 0 saturated heterocycles. The normalized spacial score (nSPS) is 15.0. The average molecular weight is 600 g/mol. The van der Waals surface area contributed by atoms with Gasteiger partial charge in [0.1, 0.15) is 0 Å². The van der Waals surface area contributed by atoms with Crippen LogP contribution in [-0.2, 0) is 0 Å². The van der Waals surface area contributed by atoms with Gasteiger partial charge >= 0.3 is 0 Å².